The second-order valence-electron chi connectivity index (χ2n) is 9.45. The van der Waals surface area contributed by atoms with Gasteiger partial charge in [-0.1, -0.05) is 32.1 Å². The summed E-state index contributed by atoms with van der Waals surface area (Å²) in [5, 5.41) is 0.611. The Morgan fingerprint density at radius 1 is 1.13 bits per heavy atom. The zero-order chi connectivity index (χ0) is 26.6. The monoisotopic (exact) mass is 580 g/mol. The van der Waals surface area contributed by atoms with Crippen LogP contribution < -0.4 is 9.64 Å². The maximum absolute atomic E-state index is 13.7. The van der Waals surface area contributed by atoms with E-state index in [4.69, 9.17) is 9.72 Å². The molecule has 2 aromatic carbocycles. The molecule has 8 nitrogen and oxygen atoms in total. The van der Waals surface area contributed by atoms with Crippen LogP contribution in [0.2, 0.25) is 0 Å². The highest BCUT2D eigenvalue weighted by molar-refractivity contribution is 7.89. The van der Waals surface area contributed by atoms with Crippen molar-refractivity contribution < 1.29 is 17.9 Å². The van der Waals surface area contributed by atoms with Gasteiger partial charge in [0.15, 0.2) is 5.13 Å². The first-order valence-corrected chi connectivity index (χ1v) is 15.1. The lowest BCUT2D eigenvalue weighted by Crippen LogP contribution is -2.39. The highest BCUT2D eigenvalue weighted by atomic mass is 35.5. The number of aromatic nitrogens is 1. The molecule has 208 valence electrons. The van der Waals surface area contributed by atoms with Crippen molar-refractivity contribution >= 4 is 55.0 Å². The van der Waals surface area contributed by atoms with Crippen molar-refractivity contribution in [3.05, 3.63) is 48.0 Å². The Morgan fingerprint density at radius 2 is 1.84 bits per heavy atom. The van der Waals surface area contributed by atoms with Crippen LogP contribution in [0.5, 0.6) is 5.75 Å². The third-order valence-electron chi connectivity index (χ3n) is 6.95. The van der Waals surface area contributed by atoms with Crippen molar-refractivity contribution in [2.45, 2.75) is 38.5 Å². The molecule has 2 heterocycles. The van der Waals surface area contributed by atoms with E-state index in [0.29, 0.717) is 42.8 Å². The summed E-state index contributed by atoms with van der Waals surface area (Å²) in [5.74, 6) is 0.884. The summed E-state index contributed by atoms with van der Waals surface area (Å²) < 4.78 is 34.2. The molecule has 1 fully saturated rings. The number of anilines is 1. The minimum absolute atomic E-state index is 0. The lowest BCUT2D eigenvalue weighted by Gasteiger charge is -2.30. The number of fused-ring (bicyclic) bond motifs is 1. The third kappa shape index (κ3) is 6.66. The predicted molar refractivity (Wildman–Crippen MR) is 156 cm³/mol. The zero-order valence-corrected chi connectivity index (χ0v) is 24.9. The van der Waals surface area contributed by atoms with Gasteiger partial charge in [0.1, 0.15) is 5.75 Å². The quantitative estimate of drug-likeness (QED) is 0.330. The Kier molecular flexibility index (Phi) is 10.5. The maximum atomic E-state index is 13.7. The van der Waals surface area contributed by atoms with Crippen LogP contribution in [0.3, 0.4) is 0 Å². The predicted octanol–water partition coefficient (Wildman–Crippen LogP) is 5.14. The zero-order valence-electron chi connectivity index (χ0n) is 22.4. The van der Waals surface area contributed by atoms with Crippen LogP contribution >= 0.6 is 23.7 Å². The van der Waals surface area contributed by atoms with Gasteiger partial charge in [0.05, 0.1) is 22.2 Å². The summed E-state index contributed by atoms with van der Waals surface area (Å²) in [6.07, 6.45) is 1.91. The summed E-state index contributed by atoms with van der Waals surface area (Å²) in [5.41, 5.74) is 1.24. The average Bonchev–Trinajstić information content (AvgIpc) is 3.34. The van der Waals surface area contributed by atoms with E-state index in [1.165, 1.54) is 11.3 Å². The largest absolute Gasteiger partial charge is 0.497 e. The van der Waals surface area contributed by atoms with Crippen molar-refractivity contribution in [2.24, 2.45) is 5.92 Å². The SMILES string of the molecule is CCN(CC)CCN(C(=O)c1ccc(S(=O)(=O)N2CCCC(C)C2)cc1)c1nc2ccc(OC)cc2s1.Cl. The number of rotatable bonds is 10. The van der Waals surface area contributed by atoms with E-state index in [2.05, 4.69) is 25.7 Å². The number of hydrogen-bond acceptors (Lipinski definition) is 7. The van der Waals surface area contributed by atoms with Crippen molar-refractivity contribution in [3.63, 3.8) is 0 Å². The fourth-order valence-electron chi connectivity index (χ4n) is 4.64. The fraction of sp³-hybridized carbons (Fsp3) is 0.481. The number of thiazole rings is 1. The van der Waals surface area contributed by atoms with Gasteiger partial charge in [0.25, 0.3) is 5.91 Å². The van der Waals surface area contributed by atoms with E-state index in [0.717, 1.165) is 41.9 Å². The number of piperidine rings is 1. The standard InChI is InChI=1S/C27H36N4O4S2.ClH/c1-5-29(6-2)16-17-31(27-28-24-14-11-22(35-4)18-25(24)36-27)26(32)21-9-12-23(13-10-21)37(33,34)30-15-7-8-20(3)19-30;/h9-14,18,20H,5-8,15-17,19H2,1-4H3;1H. The lowest BCUT2D eigenvalue weighted by atomic mass is 10.0. The van der Waals surface area contributed by atoms with E-state index in [-0.39, 0.29) is 23.2 Å². The highest BCUT2D eigenvalue weighted by Gasteiger charge is 2.29. The van der Waals surface area contributed by atoms with Crippen LogP contribution in [0.1, 0.15) is 44.0 Å². The van der Waals surface area contributed by atoms with Gasteiger partial charge < -0.3 is 9.64 Å². The van der Waals surface area contributed by atoms with Crippen LogP contribution in [0.25, 0.3) is 10.2 Å². The summed E-state index contributed by atoms with van der Waals surface area (Å²) in [6, 6.07) is 12.0. The number of benzene rings is 2. The molecule has 0 bridgehead atoms. The second kappa shape index (κ2) is 13.2. The number of ether oxygens (including phenoxy) is 1. The van der Waals surface area contributed by atoms with Crippen molar-refractivity contribution in [1.82, 2.24) is 14.2 Å². The molecule has 0 radical (unpaired) electrons. The minimum Gasteiger partial charge on any atom is -0.497 e. The van der Waals surface area contributed by atoms with E-state index >= 15 is 0 Å². The van der Waals surface area contributed by atoms with E-state index in [1.807, 2.05) is 18.2 Å². The molecule has 0 spiro atoms. The number of hydrogen-bond donors (Lipinski definition) is 0. The average molecular weight is 581 g/mol. The normalized spacial score (nSPS) is 16.4. The second-order valence-corrected chi connectivity index (χ2v) is 12.4. The maximum Gasteiger partial charge on any atom is 0.260 e. The van der Waals surface area contributed by atoms with Gasteiger partial charge in [-0.3, -0.25) is 9.69 Å². The Hall–Kier alpha value is -2.24. The van der Waals surface area contributed by atoms with Gasteiger partial charge >= 0.3 is 0 Å². The number of halogens is 1. The molecule has 1 amide bonds. The molecule has 1 unspecified atom stereocenters. The molecule has 0 N–H and O–H groups in total. The number of methoxy groups -OCH3 is 1. The molecule has 1 atom stereocenters. The van der Waals surface area contributed by atoms with Gasteiger partial charge in [-0.25, -0.2) is 13.4 Å². The van der Waals surface area contributed by atoms with Crippen molar-refractivity contribution in [3.8, 4) is 5.75 Å². The van der Waals surface area contributed by atoms with Gasteiger partial charge in [-0.15, -0.1) is 12.4 Å². The summed E-state index contributed by atoms with van der Waals surface area (Å²) in [6.45, 7) is 10.3. The Morgan fingerprint density at radius 3 is 2.47 bits per heavy atom. The van der Waals surface area contributed by atoms with Gasteiger partial charge in [0.2, 0.25) is 10.0 Å². The van der Waals surface area contributed by atoms with Crippen LogP contribution in [0.15, 0.2) is 47.4 Å². The first-order valence-electron chi connectivity index (χ1n) is 12.9. The number of amides is 1. The summed E-state index contributed by atoms with van der Waals surface area (Å²) in [7, 11) is -1.96. The number of likely N-dealkylation sites (N-methyl/N-ethyl adjacent to an activating group) is 1. The topological polar surface area (TPSA) is 83.1 Å². The van der Waals surface area contributed by atoms with E-state index < -0.39 is 10.0 Å². The lowest BCUT2D eigenvalue weighted by molar-refractivity contribution is 0.0983. The molecule has 1 aliphatic heterocycles. The molecule has 1 saturated heterocycles. The van der Waals surface area contributed by atoms with E-state index in [9.17, 15) is 13.2 Å². The van der Waals surface area contributed by atoms with Crippen LogP contribution in [-0.2, 0) is 10.0 Å². The molecule has 0 aliphatic carbocycles. The first-order chi connectivity index (χ1) is 17.8. The van der Waals surface area contributed by atoms with Crippen LogP contribution in [0, 0.1) is 5.92 Å². The molecular formula is C27H37ClN4O4S2. The fourth-order valence-corrected chi connectivity index (χ4v) is 7.26. The summed E-state index contributed by atoms with van der Waals surface area (Å²) in [4.78, 5) is 22.6. The molecule has 38 heavy (non-hydrogen) atoms. The molecule has 3 aromatic rings. The number of carbonyl (C=O) groups is 1. The van der Waals surface area contributed by atoms with Gasteiger partial charge in [-0.2, -0.15) is 4.31 Å². The third-order valence-corrected chi connectivity index (χ3v) is 9.87. The molecular weight excluding hydrogens is 544 g/mol. The van der Waals surface area contributed by atoms with Crippen LogP contribution in [-0.4, -0.2) is 74.9 Å². The number of carbonyl (C=O) groups excluding carboxylic acids is 1. The van der Waals surface area contributed by atoms with Gasteiger partial charge in [0, 0.05) is 31.7 Å². The van der Waals surface area contributed by atoms with E-state index in [1.54, 1.807) is 40.6 Å². The van der Waals surface area contributed by atoms with Crippen LogP contribution in [0.4, 0.5) is 5.13 Å². The van der Waals surface area contributed by atoms with Gasteiger partial charge in [-0.05, 0) is 74.3 Å². The number of sulfonamides is 1. The Labute approximate surface area is 236 Å². The smallest absolute Gasteiger partial charge is 0.260 e. The molecule has 0 saturated carbocycles. The Balaban J connectivity index is 0.00000400. The minimum atomic E-state index is -3.58. The highest BCUT2D eigenvalue weighted by Crippen LogP contribution is 2.32. The molecule has 11 heteroatoms. The summed E-state index contributed by atoms with van der Waals surface area (Å²) >= 11 is 1.44. The van der Waals surface area contributed by atoms with Crippen molar-refractivity contribution in [1.29, 1.82) is 0 Å². The molecule has 4 rings (SSSR count). The molecule has 1 aliphatic rings. The number of nitrogens with zero attached hydrogens (tertiary/aromatic N) is 4. The Bertz CT molecular complexity index is 1330. The molecule has 1 aromatic heterocycles. The van der Waals surface area contributed by atoms with Crippen molar-refractivity contribution in [2.75, 3.05) is 51.3 Å². The first kappa shape index (κ1) is 30.3.